The highest BCUT2D eigenvalue weighted by atomic mass is 31.2. The average Bonchev–Trinajstić information content (AvgIpc) is 2.48. The lowest BCUT2D eigenvalue weighted by atomic mass is 10.2. The first kappa shape index (κ1) is 16.0. The Hall–Kier alpha value is 0.620. The normalized spacial score (nSPS) is 22.7. The van der Waals surface area contributed by atoms with Gasteiger partial charge in [0.05, 0.1) is 39.6 Å². The van der Waals surface area contributed by atoms with Crippen LogP contribution in [0.1, 0.15) is 32.1 Å². The predicted molar refractivity (Wildman–Crippen MR) is 72.6 cm³/mol. The molecule has 0 spiro atoms. The smallest absolute Gasteiger partial charge is 0.312 e. The van der Waals surface area contributed by atoms with Gasteiger partial charge in [-0.05, 0) is 32.1 Å². The van der Waals surface area contributed by atoms with Crippen molar-refractivity contribution < 1.29 is 27.1 Å². The minimum absolute atomic E-state index is 0.688. The van der Waals surface area contributed by atoms with Gasteiger partial charge in [-0.1, -0.05) is 0 Å². The summed E-state index contributed by atoms with van der Waals surface area (Å²) in [6, 6.07) is 0. The summed E-state index contributed by atoms with van der Waals surface area (Å²) in [7, 11) is -2.15. The Labute approximate surface area is 117 Å². The van der Waals surface area contributed by atoms with Crippen LogP contribution in [0, 0.1) is 0 Å². The lowest BCUT2D eigenvalue weighted by molar-refractivity contribution is 0.110. The lowest BCUT2D eigenvalue weighted by Crippen LogP contribution is -2.08. The molecule has 2 saturated heterocycles. The Morgan fingerprint density at radius 2 is 1.05 bits per heavy atom. The van der Waals surface area contributed by atoms with Crippen LogP contribution in [0.25, 0.3) is 0 Å². The summed E-state index contributed by atoms with van der Waals surface area (Å²) in [5, 5.41) is 0. The van der Waals surface area contributed by atoms with Crippen molar-refractivity contribution in [2.24, 2.45) is 0 Å². The molecule has 2 rings (SSSR count). The minimum atomic E-state index is -1.07. The molecule has 8 heteroatoms. The third-order valence-corrected chi connectivity index (χ3v) is 4.91. The topological polar surface area (TPSA) is 55.4 Å². The summed E-state index contributed by atoms with van der Waals surface area (Å²) >= 11 is 0. The van der Waals surface area contributed by atoms with Crippen LogP contribution in [0.4, 0.5) is 0 Å². The van der Waals surface area contributed by atoms with Gasteiger partial charge in [-0.25, -0.2) is 0 Å². The molecule has 2 heterocycles. The van der Waals surface area contributed by atoms with Gasteiger partial charge in [0.25, 0.3) is 0 Å². The molecule has 0 amide bonds. The Morgan fingerprint density at radius 1 is 0.632 bits per heavy atom. The SMILES string of the molecule is C(CCOP1OCCCO1)CCOP1OCCCO1. The molecule has 0 atom stereocenters. The van der Waals surface area contributed by atoms with Gasteiger partial charge in [0.1, 0.15) is 0 Å². The zero-order chi connectivity index (χ0) is 13.2. The van der Waals surface area contributed by atoms with Crippen molar-refractivity contribution in [1.29, 1.82) is 0 Å². The molecule has 0 bridgehead atoms. The van der Waals surface area contributed by atoms with Crippen molar-refractivity contribution in [2.75, 3.05) is 39.6 Å². The predicted octanol–water partition coefficient (Wildman–Crippen LogP) is 3.52. The van der Waals surface area contributed by atoms with Crippen LogP contribution in [0.2, 0.25) is 0 Å². The van der Waals surface area contributed by atoms with E-state index in [2.05, 4.69) is 0 Å². The van der Waals surface area contributed by atoms with Gasteiger partial charge < -0.3 is 27.1 Å². The van der Waals surface area contributed by atoms with Crippen molar-refractivity contribution in [3.63, 3.8) is 0 Å². The zero-order valence-electron chi connectivity index (χ0n) is 11.1. The van der Waals surface area contributed by atoms with Crippen LogP contribution < -0.4 is 0 Å². The van der Waals surface area contributed by atoms with E-state index in [1.54, 1.807) is 0 Å². The Balaban J connectivity index is 1.35. The van der Waals surface area contributed by atoms with Crippen LogP contribution >= 0.6 is 17.2 Å². The molecule has 0 aromatic rings. The highest BCUT2D eigenvalue weighted by molar-refractivity contribution is 7.42. The second-order valence-electron chi connectivity index (χ2n) is 4.21. The summed E-state index contributed by atoms with van der Waals surface area (Å²) in [5.74, 6) is 0. The number of hydrogen-bond acceptors (Lipinski definition) is 6. The summed E-state index contributed by atoms with van der Waals surface area (Å²) in [6.07, 6.45) is 4.98. The van der Waals surface area contributed by atoms with E-state index in [0.717, 1.165) is 58.5 Å². The average molecular weight is 312 g/mol. The van der Waals surface area contributed by atoms with Gasteiger partial charge in [0.2, 0.25) is 0 Å². The fraction of sp³-hybridized carbons (Fsp3) is 1.00. The Bertz CT molecular complexity index is 199. The number of unbranched alkanes of at least 4 members (excludes halogenated alkanes) is 2. The fourth-order valence-electron chi connectivity index (χ4n) is 1.56. The standard InChI is InChI=1S/C11H22O6P2/c1(2-6-12-18-14-8-4-9-15-18)3-7-13-19-16-10-5-11-17-19/h1-11H2. The van der Waals surface area contributed by atoms with Crippen molar-refractivity contribution in [2.45, 2.75) is 32.1 Å². The summed E-state index contributed by atoms with van der Waals surface area (Å²) in [4.78, 5) is 0. The first-order chi connectivity index (χ1) is 9.45. The van der Waals surface area contributed by atoms with Gasteiger partial charge in [-0.3, -0.25) is 0 Å². The van der Waals surface area contributed by atoms with E-state index in [9.17, 15) is 0 Å². The number of hydrogen-bond donors (Lipinski definition) is 0. The lowest BCUT2D eigenvalue weighted by Gasteiger charge is -2.21. The van der Waals surface area contributed by atoms with Crippen LogP contribution in [-0.4, -0.2) is 39.6 Å². The summed E-state index contributed by atoms with van der Waals surface area (Å²) < 4.78 is 32.4. The van der Waals surface area contributed by atoms with Crippen LogP contribution in [0.5, 0.6) is 0 Å². The van der Waals surface area contributed by atoms with E-state index in [4.69, 9.17) is 27.1 Å². The number of rotatable bonds is 8. The molecule has 0 aliphatic carbocycles. The van der Waals surface area contributed by atoms with Crippen LogP contribution in [0.3, 0.4) is 0 Å². The van der Waals surface area contributed by atoms with Crippen LogP contribution in [-0.2, 0) is 27.1 Å². The van der Waals surface area contributed by atoms with Gasteiger partial charge in [-0.15, -0.1) is 0 Å². The summed E-state index contributed by atoms with van der Waals surface area (Å²) in [5.41, 5.74) is 0. The maximum atomic E-state index is 5.51. The first-order valence-electron chi connectivity index (χ1n) is 6.83. The highest BCUT2D eigenvalue weighted by Crippen LogP contribution is 2.43. The molecule has 0 unspecified atom stereocenters. The quantitative estimate of drug-likeness (QED) is 0.505. The molecule has 2 aliphatic heterocycles. The molecular formula is C11H22O6P2. The Morgan fingerprint density at radius 3 is 1.47 bits per heavy atom. The molecule has 0 N–H and O–H groups in total. The molecule has 19 heavy (non-hydrogen) atoms. The van der Waals surface area contributed by atoms with Crippen molar-refractivity contribution >= 4 is 17.2 Å². The maximum absolute atomic E-state index is 5.51. The molecule has 0 aromatic heterocycles. The Kier molecular flexibility index (Phi) is 8.72. The second kappa shape index (κ2) is 10.4. The first-order valence-corrected chi connectivity index (χ1v) is 9.02. The van der Waals surface area contributed by atoms with E-state index in [1.807, 2.05) is 0 Å². The van der Waals surface area contributed by atoms with E-state index in [-0.39, 0.29) is 0 Å². The zero-order valence-corrected chi connectivity index (χ0v) is 12.9. The van der Waals surface area contributed by atoms with Gasteiger partial charge >= 0.3 is 17.2 Å². The molecule has 112 valence electrons. The second-order valence-corrected chi connectivity index (χ2v) is 6.66. The molecule has 0 radical (unpaired) electrons. The van der Waals surface area contributed by atoms with E-state index >= 15 is 0 Å². The fourth-order valence-corrected chi connectivity index (χ4v) is 3.67. The van der Waals surface area contributed by atoms with E-state index in [0.29, 0.717) is 13.2 Å². The van der Waals surface area contributed by atoms with Gasteiger partial charge in [0.15, 0.2) is 0 Å². The molecule has 2 fully saturated rings. The van der Waals surface area contributed by atoms with Crippen LogP contribution in [0.15, 0.2) is 0 Å². The highest BCUT2D eigenvalue weighted by Gasteiger charge is 2.17. The molecule has 0 saturated carbocycles. The van der Waals surface area contributed by atoms with Gasteiger partial charge in [-0.2, -0.15) is 0 Å². The molecule has 6 nitrogen and oxygen atoms in total. The largest absolute Gasteiger partial charge is 0.332 e. The van der Waals surface area contributed by atoms with Gasteiger partial charge in [0, 0.05) is 0 Å². The third-order valence-electron chi connectivity index (χ3n) is 2.55. The van der Waals surface area contributed by atoms with Crippen molar-refractivity contribution in [3.05, 3.63) is 0 Å². The molecule has 0 aromatic carbocycles. The van der Waals surface area contributed by atoms with Crippen molar-refractivity contribution in [1.82, 2.24) is 0 Å². The third kappa shape index (κ3) is 7.26. The van der Waals surface area contributed by atoms with Crippen molar-refractivity contribution in [3.8, 4) is 0 Å². The molecule has 2 aliphatic rings. The maximum Gasteiger partial charge on any atom is 0.332 e. The van der Waals surface area contributed by atoms with E-state index < -0.39 is 17.2 Å². The monoisotopic (exact) mass is 312 g/mol. The minimum Gasteiger partial charge on any atom is -0.312 e. The molecular weight excluding hydrogens is 290 g/mol. The summed E-state index contributed by atoms with van der Waals surface area (Å²) in [6.45, 7) is 4.39. The van der Waals surface area contributed by atoms with E-state index in [1.165, 1.54) is 0 Å².